The van der Waals surface area contributed by atoms with Gasteiger partial charge in [0.15, 0.2) is 6.61 Å². The highest BCUT2D eigenvalue weighted by Gasteiger charge is 2.32. The van der Waals surface area contributed by atoms with Crippen LogP contribution in [0.4, 0.5) is 0 Å². The second-order valence-corrected chi connectivity index (χ2v) is 9.38. The van der Waals surface area contributed by atoms with E-state index < -0.39 is 6.04 Å². The fraction of sp³-hybridized carbons (Fsp3) is 0.188. The summed E-state index contributed by atoms with van der Waals surface area (Å²) in [6.07, 6.45) is 0. The molecule has 4 aromatic carbocycles. The van der Waals surface area contributed by atoms with Crippen LogP contribution in [-0.4, -0.2) is 37.5 Å². The summed E-state index contributed by atoms with van der Waals surface area (Å²) in [4.78, 5) is 29.1. The Bertz CT molecular complexity index is 1400. The van der Waals surface area contributed by atoms with Gasteiger partial charge in [0.1, 0.15) is 23.3 Å². The highest BCUT2D eigenvalue weighted by Crippen LogP contribution is 2.27. The van der Waals surface area contributed by atoms with Crippen LogP contribution in [0.1, 0.15) is 22.7 Å². The minimum absolute atomic E-state index is 0.171. The average Bonchev–Trinajstić information content (AvgIpc) is 3.00. The molecule has 40 heavy (non-hydrogen) atoms. The van der Waals surface area contributed by atoms with Gasteiger partial charge in [-0.2, -0.15) is 0 Å². The number of ether oxygens (including phenoxy) is 3. The van der Waals surface area contributed by atoms with E-state index in [0.717, 1.165) is 16.9 Å². The van der Waals surface area contributed by atoms with E-state index in [2.05, 4.69) is 5.32 Å². The average molecular weight is 559 g/mol. The van der Waals surface area contributed by atoms with Gasteiger partial charge in [-0.1, -0.05) is 78.3 Å². The number of amides is 2. The van der Waals surface area contributed by atoms with Crippen molar-refractivity contribution in [1.29, 1.82) is 0 Å². The number of methoxy groups -OCH3 is 2. The van der Waals surface area contributed by atoms with Gasteiger partial charge in [0, 0.05) is 13.1 Å². The van der Waals surface area contributed by atoms with Crippen molar-refractivity contribution < 1.29 is 23.8 Å². The van der Waals surface area contributed by atoms with Crippen LogP contribution in [-0.2, 0) is 22.7 Å². The fourth-order valence-electron chi connectivity index (χ4n) is 4.17. The summed E-state index contributed by atoms with van der Waals surface area (Å²) >= 11 is 6.24. The van der Waals surface area contributed by atoms with E-state index >= 15 is 0 Å². The zero-order valence-electron chi connectivity index (χ0n) is 22.4. The van der Waals surface area contributed by atoms with E-state index in [1.165, 1.54) is 4.90 Å². The number of nitrogens with one attached hydrogen (secondary N) is 1. The molecule has 1 N–H and O–H groups in total. The van der Waals surface area contributed by atoms with Crippen LogP contribution < -0.4 is 19.5 Å². The van der Waals surface area contributed by atoms with Crippen molar-refractivity contribution in [2.45, 2.75) is 19.1 Å². The van der Waals surface area contributed by atoms with Gasteiger partial charge in [-0.05, 0) is 53.1 Å². The summed E-state index contributed by atoms with van der Waals surface area (Å²) in [6, 6.07) is 30.1. The highest BCUT2D eigenvalue weighted by atomic mass is 35.5. The summed E-state index contributed by atoms with van der Waals surface area (Å²) in [7, 11) is 3.20. The standard InChI is InChI=1S/C32H31ClN2O5/c1-38-26-16-12-23(13-17-26)20-34-32(37)31(25-8-4-3-5-9-25)35(21-24-14-18-27(39-2)19-15-24)30(36)22-40-29-11-7-6-10-28(29)33/h3-19,31H,20-22H2,1-2H3,(H,34,37)/t31-/m1/s1. The molecule has 0 saturated heterocycles. The first kappa shape index (κ1) is 28.5. The van der Waals surface area contributed by atoms with Crippen molar-refractivity contribution in [3.63, 3.8) is 0 Å². The number of hydrogen-bond donors (Lipinski definition) is 1. The summed E-state index contributed by atoms with van der Waals surface area (Å²) in [5, 5.41) is 3.40. The molecule has 4 rings (SSSR count). The van der Waals surface area contributed by atoms with E-state index in [1.807, 2.05) is 78.9 Å². The van der Waals surface area contributed by atoms with Gasteiger partial charge in [0.05, 0.1) is 19.2 Å². The van der Waals surface area contributed by atoms with Gasteiger partial charge in [0.2, 0.25) is 5.91 Å². The van der Waals surface area contributed by atoms with E-state index in [4.69, 9.17) is 25.8 Å². The molecular weight excluding hydrogens is 528 g/mol. The minimum atomic E-state index is -0.913. The molecule has 1 atom stereocenters. The largest absolute Gasteiger partial charge is 0.497 e. The molecule has 0 fully saturated rings. The van der Waals surface area contributed by atoms with Crippen LogP contribution in [0.3, 0.4) is 0 Å². The molecule has 7 nitrogen and oxygen atoms in total. The number of benzene rings is 4. The Hall–Kier alpha value is -4.49. The Morgan fingerprint density at radius 2 is 1.35 bits per heavy atom. The molecule has 8 heteroatoms. The third-order valence-corrected chi connectivity index (χ3v) is 6.63. The molecule has 0 aliphatic carbocycles. The summed E-state index contributed by atoms with van der Waals surface area (Å²) in [5.41, 5.74) is 2.40. The van der Waals surface area contributed by atoms with Crippen LogP contribution >= 0.6 is 11.6 Å². The quantitative estimate of drug-likeness (QED) is 0.237. The highest BCUT2D eigenvalue weighted by molar-refractivity contribution is 6.32. The lowest BCUT2D eigenvalue weighted by Gasteiger charge is -2.31. The molecule has 0 heterocycles. The first-order valence-corrected chi connectivity index (χ1v) is 13.1. The maximum Gasteiger partial charge on any atom is 0.261 e. The van der Waals surface area contributed by atoms with E-state index in [-0.39, 0.29) is 31.5 Å². The maximum atomic E-state index is 13.8. The SMILES string of the molecule is COc1ccc(CNC(=O)[C@@H](c2ccccc2)N(Cc2ccc(OC)cc2)C(=O)COc2ccccc2Cl)cc1. The monoisotopic (exact) mass is 558 g/mol. The second-order valence-electron chi connectivity index (χ2n) is 8.97. The molecule has 0 saturated carbocycles. The Morgan fingerprint density at radius 3 is 1.95 bits per heavy atom. The lowest BCUT2D eigenvalue weighted by Crippen LogP contribution is -2.45. The molecule has 0 aliphatic heterocycles. The molecule has 0 spiro atoms. The smallest absolute Gasteiger partial charge is 0.261 e. The normalized spacial score (nSPS) is 11.3. The number of carbonyl (C=O) groups is 2. The molecule has 206 valence electrons. The van der Waals surface area contributed by atoms with E-state index in [1.54, 1.807) is 38.5 Å². The Morgan fingerprint density at radius 1 is 0.775 bits per heavy atom. The zero-order valence-corrected chi connectivity index (χ0v) is 23.1. The van der Waals surface area contributed by atoms with E-state index in [0.29, 0.717) is 22.1 Å². The summed E-state index contributed by atoms with van der Waals surface area (Å²) < 4.78 is 16.3. The van der Waals surface area contributed by atoms with Gasteiger partial charge in [-0.3, -0.25) is 9.59 Å². The maximum absolute atomic E-state index is 13.8. The number of nitrogens with zero attached hydrogens (tertiary/aromatic N) is 1. The predicted molar refractivity (Wildman–Crippen MR) is 155 cm³/mol. The number of halogens is 1. The topological polar surface area (TPSA) is 77.1 Å². The predicted octanol–water partition coefficient (Wildman–Crippen LogP) is 5.82. The van der Waals surface area contributed by atoms with Crippen LogP contribution in [0, 0.1) is 0 Å². The first-order valence-electron chi connectivity index (χ1n) is 12.7. The number of rotatable bonds is 12. The number of para-hydroxylation sites is 1. The van der Waals surface area contributed by atoms with Gasteiger partial charge in [0.25, 0.3) is 5.91 Å². The zero-order chi connectivity index (χ0) is 28.3. The molecule has 0 aliphatic rings. The van der Waals surface area contributed by atoms with Gasteiger partial charge in [-0.15, -0.1) is 0 Å². The van der Waals surface area contributed by atoms with Crippen molar-refractivity contribution in [2.75, 3.05) is 20.8 Å². The second kappa shape index (κ2) is 14.1. The minimum Gasteiger partial charge on any atom is -0.497 e. The molecule has 0 radical (unpaired) electrons. The Kier molecular flexibility index (Phi) is 10.0. The van der Waals surface area contributed by atoms with Crippen LogP contribution in [0.2, 0.25) is 5.02 Å². The fourth-order valence-corrected chi connectivity index (χ4v) is 4.36. The third-order valence-electron chi connectivity index (χ3n) is 6.32. The van der Waals surface area contributed by atoms with E-state index in [9.17, 15) is 9.59 Å². The summed E-state index contributed by atoms with van der Waals surface area (Å²) in [6.45, 7) is 0.159. The van der Waals surface area contributed by atoms with Crippen molar-refractivity contribution in [1.82, 2.24) is 10.2 Å². The molecule has 2 amide bonds. The third kappa shape index (κ3) is 7.55. The molecule has 0 bridgehead atoms. The van der Waals surface area contributed by atoms with Crippen molar-refractivity contribution in [3.8, 4) is 17.2 Å². The Balaban J connectivity index is 1.62. The van der Waals surface area contributed by atoms with Gasteiger partial charge >= 0.3 is 0 Å². The lowest BCUT2D eigenvalue weighted by atomic mass is 10.0. The van der Waals surface area contributed by atoms with Crippen LogP contribution in [0.5, 0.6) is 17.2 Å². The Labute approximate surface area is 239 Å². The van der Waals surface area contributed by atoms with Gasteiger partial charge in [-0.25, -0.2) is 0 Å². The first-order chi connectivity index (χ1) is 19.5. The van der Waals surface area contributed by atoms with Crippen molar-refractivity contribution >= 4 is 23.4 Å². The van der Waals surface area contributed by atoms with Gasteiger partial charge < -0.3 is 24.4 Å². The molecular formula is C32H31ClN2O5. The van der Waals surface area contributed by atoms with Crippen LogP contribution in [0.25, 0.3) is 0 Å². The van der Waals surface area contributed by atoms with Crippen molar-refractivity contribution in [2.24, 2.45) is 0 Å². The molecule has 4 aromatic rings. The number of hydrogen-bond acceptors (Lipinski definition) is 5. The summed E-state index contributed by atoms with van der Waals surface area (Å²) in [5.74, 6) is 1.13. The number of carbonyl (C=O) groups excluding carboxylic acids is 2. The molecule has 0 unspecified atom stereocenters. The van der Waals surface area contributed by atoms with Crippen LogP contribution in [0.15, 0.2) is 103 Å². The lowest BCUT2D eigenvalue weighted by molar-refractivity contribution is -0.143. The molecule has 0 aromatic heterocycles. The van der Waals surface area contributed by atoms with Crippen molar-refractivity contribution in [3.05, 3.63) is 125 Å².